The summed E-state index contributed by atoms with van der Waals surface area (Å²) in [4.78, 5) is 16.2. The summed E-state index contributed by atoms with van der Waals surface area (Å²) >= 11 is 0. The summed E-state index contributed by atoms with van der Waals surface area (Å²) in [7, 11) is -2.85. The van der Waals surface area contributed by atoms with Gasteiger partial charge in [0.25, 0.3) is 8.32 Å². The number of nitrogens with zero attached hydrogens (tertiary/aromatic N) is 5. The summed E-state index contributed by atoms with van der Waals surface area (Å²) in [5.41, 5.74) is 2.47. The van der Waals surface area contributed by atoms with E-state index in [1.54, 1.807) is 0 Å². The molecule has 2 aromatic carbocycles. The molecule has 3 aromatic heterocycles. The minimum atomic E-state index is -2.85. The van der Waals surface area contributed by atoms with Crippen LogP contribution in [-0.4, -0.2) is 68.7 Å². The van der Waals surface area contributed by atoms with Crippen LogP contribution >= 0.6 is 0 Å². The molecule has 46 heavy (non-hydrogen) atoms. The van der Waals surface area contributed by atoms with Crippen LogP contribution in [0.1, 0.15) is 72.9 Å². The molecule has 238 valence electrons. The van der Waals surface area contributed by atoms with Crippen molar-refractivity contribution in [2.45, 2.75) is 57.2 Å². The first-order valence-corrected chi connectivity index (χ1v) is 17.7. The summed E-state index contributed by atoms with van der Waals surface area (Å²) in [6, 6.07) is 23.2. The lowest BCUT2D eigenvalue weighted by molar-refractivity contribution is -0.190. The molecule has 0 bridgehead atoms. The second-order valence-corrected chi connectivity index (χ2v) is 18.1. The fourth-order valence-electron chi connectivity index (χ4n) is 6.78. The number of benzene rings is 2. The molecule has 1 atom stereocenters. The van der Waals surface area contributed by atoms with E-state index in [9.17, 15) is 15.0 Å². The topological polar surface area (TPSA) is 124 Å². The number of imidazole rings is 1. The third-order valence-corrected chi connectivity index (χ3v) is 14.4. The number of aromatic nitrogens is 5. The maximum atomic E-state index is 12.3. The maximum absolute atomic E-state index is 12.3. The number of rotatable bonds is 11. The van der Waals surface area contributed by atoms with E-state index in [1.165, 1.54) is 26.8 Å². The number of aromatic carboxylic acids is 1. The van der Waals surface area contributed by atoms with E-state index in [0.717, 1.165) is 18.4 Å². The predicted molar refractivity (Wildman–Crippen MR) is 175 cm³/mol. The molecule has 1 unspecified atom stereocenters. The highest BCUT2D eigenvalue weighted by molar-refractivity contribution is 6.99. The van der Waals surface area contributed by atoms with E-state index in [4.69, 9.17) is 14.1 Å². The van der Waals surface area contributed by atoms with E-state index in [-0.39, 0.29) is 17.3 Å². The van der Waals surface area contributed by atoms with Gasteiger partial charge in [-0.05, 0) is 45.8 Å². The van der Waals surface area contributed by atoms with Gasteiger partial charge in [0.1, 0.15) is 5.65 Å². The van der Waals surface area contributed by atoms with Crippen LogP contribution in [0.4, 0.5) is 0 Å². The number of carboxylic acid groups (broad SMARTS) is 1. The van der Waals surface area contributed by atoms with E-state index < -0.39 is 25.8 Å². The molecule has 7 rings (SSSR count). The highest BCUT2D eigenvalue weighted by Gasteiger charge is 2.54. The van der Waals surface area contributed by atoms with Crippen molar-refractivity contribution in [3.8, 4) is 0 Å². The van der Waals surface area contributed by atoms with Crippen molar-refractivity contribution in [3.63, 3.8) is 0 Å². The Labute approximate surface area is 268 Å². The molecular weight excluding hydrogens is 599 g/mol. The Morgan fingerprint density at radius 3 is 2.22 bits per heavy atom. The Hall–Kier alpha value is -4.16. The first kappa shape index (κ1) is 30.5. The number of carbonyl (C=O) groups is 1. The normalized spacial score (nSPS) is 17.1. The predicted octanol–water partition coefficient (Wildman–Crippen LogP) is 4.18. The van der Waals surface area contributed by atoms with Crippen molar-refractivity contribution in [1.29, 1.82) is 0 Å². The average molecular weight is 638 g/mol. The van der Waals surface area contributed by atoms with Crippen molar-refractivity contribution >= 4 is 30.3 Å². The molecule has 1 saturated heterocycles. The molecule has 0 spiro atoms. The molecule has 10 nitrogen and oxygen atoms in total. The van der Waals surface area contributed by atoms with E-state index in [1.807, 2.05) is 22.7 Å². The Morgan fingerprint density at radius 2 is 1.70 bits per heavy atom. The number of hydrogen-bond donors (Lipinski definition) is 2. The minimum absolute atomic E-state index is 0.122. The van der Waals surface area contributed by atoms with Crippen LogP contribution < -0.4 is 10.4 Å². The number of aliphatic hydroxyl groups excluding tert-OH is 1. The minimum Gasteiger partial charge on any atom is -0.476 e. The van der Waals surface area contributed by atoms with Crippen molar-refractivity contribution in [1.82, 2.24) is 24.4 Å². The summed E-state index contributed by atoms with van der Waals surface area (Å²) in [5, 5.41) is 31.4. The molecule has 1 saturated carbocycles. The molecule has 2 N–H and O–H groups in total. The standard InChI is InChI=1S/C35H39N5O5Si/c1-34(2,3)46(27-10-6-4-7-11-27,28-12-8-5-9-13-28)45-23-35(21-44-22-35)31(41)29-16-25(24-14-15-24)17-39-18-26(36-32(29)39)19-40-20-30(33(42)43)37-38-40/h4-13,16-18,20,24,31,41H,14-15,19,21-23H2,1-3H3,(H,42,43). The van der Waals surface area contributed by atoms with Gasteiger partial charge in [0.05, 0.1) is 43.2 Å². The SMILES string of the molecule is CC(C)(C)[Si](OCC1(C(O)c2cc(C3CC3)cn3cc(Cn4cc(C(=O)O)nn4)nc23)COC1)(c1ccccc1)c1ccccc1. The number of ether oxygens (including phenoxy) is 1. The van der Waals surface area contributed by atoms with Crippen LogP contribution in [-0.2, 0) is 15.7 Å². The second-order valence-electron chi connectivity index (χ2n) is 13.8. The summed E-state index contributed by atoms with van der Waals surface area (Å²) in [6.45, 7) is 8.08. The van der Waals surface area contributed by atoms with Crippen LogP contribution in [0, 0.1) is 5.41 Å². The Bertz CT molecular complexity index is 1820. The van der Waals surface area contributed by atoms with Gasteiger partial charge in [-0.25, -0.2) is 14.5 Å². The van der Waals surface area contributed by atoms with Gasteiger partial charge in [-0.3, -0.25) is 0 Å². The van der Waals surface area contributed by atoms with Crippen molar-refractivity contribution in [2.75, 3.05) is 19.8 Å². The number of hydrogen-bond acceptors (Lipinski definition) is 7. The Kier molecular flexibility index (Phi) is 7.67. The lowest BCUT2D eigenvalue weighted by Gasteiger charge is -2.49. The molecule has 0 radical (unpaired) electrons. The fraction of sp³-hybridized carbons (Fsp3) is 0.371. The van der Waals surface area contributed by atoms with Gasteiger partial charge in [-0.15, -0.1) is 5.10 Å². The number of pyridine rings is 1. The zero-order chi connectivity index (χ0) is 32.1. The molecule has 11 heteroatoms. The van der Waals surface area contributed by atoms with Gasteiger partial charge in [0, 0.05) is 24.6 Å². The molecule has 4 heterocycles. The van der Waals surface area contributed by atoms with Gasteiger partial charge in [0.2, 0.25) is 0 Å². The van der Waals surface area contributed by atoms with E-state index in [2.05, 4.69) is 91.9 Å². The Balaban J connectivity index is 1.26. The van der Waals surface area contributed by atoms with Crippen molar-refractivity contribution < 1.29 is 24.2 Å². The zero-order valence-corrected chi connectivity index (χ0v) is 27.3. The van der Waals surface area contributed by atoms with Crippen LogP contribution in [0.3, 0.4) is 0 Å². The van der Waals surface area contributed by atoms with Gasteiger partial charge < -0.3 is 23.8 Å². The van der Waals surface area contributed by atoms with Crippen molar-refractivity contribution in [3.05, 3.63) is 108 Å². The van der Waals surface area contributed by atoms with Gasteiger partial charge >= 0.3 is 5.97 Å². The van der Waals surface area contributed by atoms with Crippen LogP contribution in [0.25, 0.3) is 5.65 Å². The molecule has 1 aliphatic carbocycles. The first-order valence-electron chi connectivity index (χ1n) is 15.8. The van der Waals surface area contributed by atoms with Gasteiger partial charge in [0.15, 0.2) is 5.69 Å². The monoisotopic (exact) mass is 637 g/mol. The molecule has 0 amide bonds. The highest BCUT2D eigenvalue weighted by atomic mass is 28.4. The van der Waals surface area contributed by atoms with Gasteiger partial charge in [-0.2, -0.15) is 0 Å². The summed E-state index contributed by atoms with van der Waals surface area (Å²) < 4.78 is 16.6. The van der Waals surface area contributed by atoms with Crippen LogP contribution in [0.2, 0.25) is 5.04 Å². The molecule has 1 aliphatic heterocycles. The lowest BCUT2D eigenvalue weighted by atomic mass is 9.77. The molecule has 2 fully saturated rings. The number of carboxylic acids is 1. The summed E-state index contributed by atoms with van der Waals surface area (Å²) in [5.74, 6) is -0.675. The smallest absolute Gasteiger partial charge is 0.358 e. The van der Waals surface area contributed by atoms with Gasteiger partial charge in [-0.1, -0.05) is 86.6 Å². The van der Waals surface area contributed by atoms with Crippen LogP contribution in [0.5, 0.6) is 0 Å². The number of fused-ring (bicyclic) bond motifs is 1. The van der Waals surface area contributed by atoms with E-state index in [0.29, 0.717) is 37.1 Å². The highest BCUT2D eigenvalue weighted by Crippen LogP contribution is 2.47. The van der Waals surface area contributed by atoms with Crippen molar-refractivity contribution in [2.24, 2.45) is 5.41 Å². The largest absolute Gasteiger partial charge is 0.476 e. The zero-order valence-electron chi connectivity index (χ0n) is 26.3. The average Bonchev–Trinajstić information content (AvgIpc) is 3.63. The number of aliphatic hydroxyl groups is 1. The first-order chi connectivity index (χ1) is 22.1. The molecular formula is C35H39N5O5Si. The fourth-order valence-corrected chi connectivity index (χ4v) is 11.4. The summed E-state index contributed by atoms with van der Waals surface area (Å²) in [6.07, 6.45) is 6.74. The quantitative estimate of drug-likeness (QED) is 0.207. The third kappa shape index (κ3) is 5.36. The third-order valence-electron chi connectivity index (χ3n) is 9.43. The van der Waals surface area contributed by atoms with Crippen LogP contribution in [0.15, 0.2) is 85.3 Å². The lowest BCUT2D eigenvalue weighted by Crippen LogP contribution is -2.68. The molecule has 2 aliphatic rings. The van der Waals surface area contributed by atoms with E-state index >= 15 is 0 Å². The second kappa shape index (κ2) is 11.6. The Morgan fingerprint density at radius 1 is 1.04 bits per heavy atom. The molecule has 5 aromatic rings. The maximum Gasteiger partial charge on any atom is 0.358 e.